The van der Waals surface area contributed by atoms with Gasteiger partial charge in [0.25, 0.3) is 0 Å². The van der Waals surface area contributed by atoms with Crippen molar-refractivity contribution in [3.63, 3.8) is 0 Å². The second-order valence-electron chi connectivity index (χ2n) is 5.90. The van der Waals surface area contributed by atoms with Crippen LogP contribution >= 0.6 is 0 Å². The average molecular weight is 262 g/mol. The van der Waals surface area contributed by atoms with Gasteiger partial charge in [0.2, 0.25) is 0 Å². The summed E-state index contributed by atoms with van der Waals surface area (Å²) in [6.45, 7) is 3.45. The van der Waals surface area contributed by atoms with Gasteiger partial charge in [-0.3, -0.25) is 4.90 Å². The summed E-state index contributed by atoms with van der Waals surface area (Å²) in [4.78, 5) is 2.57. The Balaban J connectivity index is 1.68. The Labute approximate surface area is 115 Å². The third-order valence-corrected chi connectivity index (χ3v) is 4.76. The maximum Gasteiger partial charge on any atom is 0.126 e. The number of hydrogen-bond acceptors (Lipinski definition) is 2. The molecule has 0 saturated carbocycles. The van der Waals surface area contributed by atoms with E-state index in [1.165, 1.54) is 18.4 Å². The first kappa shape index (κ1) is 13.1. The Bertz CT molecular complexity index is 438. The van der Waals surface area contributed by atoms with Crippen molar-refractivity contribution in [2.24, 2.45) is 5.92 Å². The van der Waals surface area contributed by atoms with Crippen LogP contribution in [0.1, 0.15) is 36.4 Å². The summed E-state index contributed by atoms with van der Waals surface area (Å²) in [6, 6.07) is 6.04. The van der Waals surface area contributed by atoms with Crippen LogP contribution in [0, 0.1) is 11.7 Å². The zero-order chi connectivity index (χ0) is 13.2. The molecule has 1 atom stereocenters. The van der Waals surface area contributed by atoms with Crippen molar-refractivity contribution in [3.8, 4) is 0 Å². The number of piperidine rings is 1. The van der Waals surface area contributed by atoms with E-state index in [0.29, 0.717) is 6.04 Å². The van der Waals surface area contributed by atoms with Gasteiger partial charge in [-0.15, -0.1) is 0 Å². The fraction of sp³-hybridized carbons (Fsp3) is 0.625. The lowest BCUT2D eigenvalue weighted by atomic mass is 9.94. The van der Waals surface area contributed by atoms with E-state index in [0.717, 1.165) is 44.0 Å². The molecule has 1 unspecified atom stereocenters. The number of nitrogens with zero attached hydrogens (tertiary/aromatic N) is 1. The van der Waals surface area contributed by atoms with E-state index in [4.69, 9.17) is 0 Å². The molecule has 1 aliphatic heterocycles. The molecule has 2 aliphatic rings. The molecule has 19 heavy (non-hydrogen) atoms. The quantitative estimate of drug-likeness (QED) is 0.901. The summed E-state index contributed by atoms with van der Waals surface area (Å²) in [7, 11) is 2.03. The van der Waals surface area contributed by atoms with Gasteiger partial charge in [-0.25, -0.2) is 4.39 Å². The molecule has 104 valence electrons. The lowest BCUT2D eigenvalue weighted by Gasteiger charge is -2.36. The molecule has 0 amide bonds. The number of likely N-dealkylation sites (tertiary alicyclic amines) is 1. The van der Waals surface area contributed by atoms with Gasteiger partial charge in [-0.2, -0.15) is 0 Å². The van der Waals surface area contributed by atoms with Gasteiger partial charge in [0, 0.05) is 6.04 Å². The Kier molecular flexibility index (Phi) is 3.85. The van der Waals surface area contributed by atoms with Crippen LogP contribution in [0.25, 0.3) is 0 Å². The largest absolute Gasteiger partial charge is 0.319 e. The van der Waals surface area contributed by atoms with E-state index in [1.54, 1.807) is 6.07 Å². The molecular formula is C16H23FN2. The highest BCUT2D eigenvalue weighted by molar-refractivity contribution is 5.35. The van der Waals surface area contributed by atoms with Gasteiger partial charge in [-0.1, -0.05) is 12.1 Å². The Hall–Kier alpha value is -0.930. The van der Waals surface area contributed by atoms with Gasteiger partial charge in [0.05, 0.1) is 0 Å². The molecular weight excluding hydrogens is 239 g/mol. The van der Waals surface area contributed by atoms with Crippen LogP contribution in [-0.2, 0) is 6.42 Å². The topological polar surface area (TPSA) is 15.3 Å². The zero-order valence-electron chi connectivity index (χ0n) is 11.7. The van der Waals surface area contributed by atoms with Gasteiger partial charge >= 0.3 is 0 Å². The predicted octanol–water partition coefficient (Wildman–Crippen LogP) is 2.74. The lowest BCUT2D eigenvalue weighted by molar-refractivity contribution is 0.132. The first-order valence-corrected chi connectivity index (χ1v) is 7.45. The number of benzene rings is 1. The first-order chi connectivity index (χ1) is 9.29. The van der Waals surface area contributed by atoms with Gasteiger partial charge in [0.1, 0.15) is 5.82 Å². The van der Waals surface area contributed by atoms with Crippen LogP contribution in [0.3, 0.4) is 0 Å². The average Bonchev–Trinajstić information content (AvgIpc) is 2.85. The molecule has 0 bridgehead atoms. The fourth-order valence-electron chi connectivity index (χ4n) is 3.72. The Morgan fingerprint density at radius 3 is 2.79 bits per heavy atom. The Morgan fingerprint density at radius 1 is 1.26 bits per heavy atom. The molecule has 0 spiro atoms. The summed E-state index contributed by atoms with van der Waals surface area (Å²) < 4.78 is 13.8. The molecule has 3 rings (SSSR count). The van der Waals surface area contributed by atoms with Crippen molar-refractivity contribution in [1.82, 2.24) is 10.2 Å². The van der Waals surface area contributed by atoms with E-state index >= 15 is 0 Å². The molecule has 0 aromatic heterocycles. The monoisotopic (exact) mass is 262 g/mol. The van der Waals surface area contributed by atoms with Crippen LogP contribution < -0.4 is 5.32 Å². The van der Waals surface area contributed by atoms with E-state index in [1.807, 2.05) is 13.1 Å². The fourth-order valence-corrected chi connectivity index (χ4v) is 3.72. The number of halogens is 1. The zero-order valence-corrected chi connectivity index (χ0v) is 11.7. The summed E-state index contributed by atoms with van der Waals surface area (Å²) in [5.74, 6) is 0.805. The number of rotatable bonds is 3. The number of nitrogens with one attached hydrogen (secondary N) is 1. The molecule has 3 heteroatoms. The number of fused-ring (bicyclic) bond motifs is 1. The molecule has 1 aromatic rings. The smallest absolute Gasteiger partial charge is 0.126 e. The van der Waals surface area contributed by atoms with Crippen LogP contribution in [-0.4, -0.2) is 31.6 Å². The molecule has 1 aromatic carbocycles. The highest BCUT2D eigenvalue weighted by Crippen LogP contribution is 2.38. The maximum absolute atomic E-state index is 13.8. The number of hydrogen-bond donors (Lipinski definition) is 1. The van der Waals surface area contributed by atoms with Crippen molar-refractivity contribution in [1.29, 1.82) is 0 Å². The minimum absolute atomic E-state index is 0.00920. The van der Waals surface area contributed by atoms with Gasteiger partial charge in [-0.05, 0) is 75.5 Å². The van der Waals surface area contributed by atoms with Gasteiger partial charge < -0.3 is 5.32 Å². The van der Waals surface area contributed by atoms with Crippen molar-refractivity contribution in [2.75, 3.05) is 26.7 Å². The van der Waals surface area contributed by atoms with E-state index < -0.39 is 0 Å². The summed E-state index contributed by atoms with van der Waals surface area (Å²) in [5.41, 5.74) is 2.21. The van der Waals surface area contributed by atoms with E-state index in [9.17, 15) is 4.39 Å². The van der Waals surface area contributed by atoms with Crippen LogP contribution in [0.5, 0.6) is 0 Å². The normalized spacial score (nSPS) is 24.6. The molecule has 1 N–H and O–H groups in total. The van der Waals surface area contributed by atoms with Crippen LogP contribution in [0.15, 0.2) is 18.2 Å². The summed E-state index contributed by atoms with van der Waals surface area (Å²) in [5, 5.41) is 3.28. The summed E-state index contributed by atoms with van der Waals surface area (Å²) in [6.07, 6.45) is 4.53. The minimum atomic E-state index is -0.00920. The van der Waals surface area contributed by atoms with E-state index in [-0.39, 0.29) is 5.82 Å². The van der Waals surface area contributed by atoms with E-state index in [2.05, 4.69) is 16.3 Å². The second-order valence-corrected chi connectivity index (χ2v) is 5.90. The molecule has 1 saturated heterocycles. The predicted molar refractivity (Wildman–Crippen MR) is 75.7 cm³/mol. The summed E-state index contributed by atoms with van der Waals surface area (Å²) >= 11 is 0. The third-order valence-electron chi connectivity index (χ3n) is 4.76. The molecule has 0 radical (unpaired) electrons. The minimum Gasteiger partial charge on any atom is -0.319 e. The van der Waals surface area contributed by atoms with Crippen molar-refractivity contribution in [3.05, 3.63) is 35.1 Å². The maximum atomic E-state index is 13.8. The lowest BCUT2D eigenvalue weighted by Crippen LogP contribution is -2.38. The molecule has 1 fully saturated rings. The molecule has 1 aliphatic carbocycles. The van der Waals surface area contributed by atoms with Crippen molar-refractivity contribution in [2.45, 2.75) is 31.7 Å². The molecule has 1 heterocycles. The van der Waals surface area contributed by atoms with Crippen molar-refractivity contribution >= 4 is 0 Å². The second kappa shape index (κ2) is 5.59. The van der Waals surface area contributed by atoms with Crippen molar-refractivity contribution < 1.29 is 4.39 Å². The standard InChI is InChI=1S/C16H23FN2/c1-18-11-12-7-9-19(10-8-12)16-6-5-13-14(16)3-2-4-15(13)17/h2-4,12,16,18H,5-11H2,1H3. The van der Waals surface area contributed by atoms with Gasteiger partial charge in [0.15, 0.2) is 0 Å². The first-order valence-electron chi connectivity index (χ1n) is 7.45. The van der Waals surface area contributed by atoms with Crippen LogP contribution in [0.2, 0.25) is 0 Å². The SMILES string of the molecule is CNCC1CCN(C2CCc3c(F)cccc32)CC1. The highest BCUT2D eigenvalue weighted by atomic mass is 19.1. The third kappa shape index (κ3) is 2.54. The molecule has 2 nitrogen and oxygen atoms in total. The van der Waals surface area contributed by atoms with Crippen LogP contribution in [0.4, 0.5) is 4.39 Å². The highest BCUT2D eigenvalue weighted by Gasteiger charge is 2.31. The Morgan fingerprint density at radius 2 is 2.05 bits per heavy atom.